The highest BCUT2D eigenvalue weighted by atomic mass is 19.1. The molecule has 3 aromatic rings. The molecule has 1 amide bonds. The third kappa shape index (κ3) is 4.32. The van der Waals surface area contributed by atoms with Gasteiger partial charge in [0.25, 0.3) is 5.91 Å². The molecule has 0 aliphatic carbocycles. The molecule has 0 unspecified atom stereocenters. The van der Waals surface area contributed by atoms with Gasteiger partial charge in [0.2, 0.25) is 0 Å². The van der Waals surface area contributed by atoms with Crippen LogP contribution >= 0.6 is 0 Å². The van der Waals surface area contributed by atoms with Crippen molar-refractivity contribution < 1.29 is 18.7 Å². The average Bonchev–Trinajstić information content (AvgIpc) is 3.34. The molecule has 0 saturated carbocycles. The molecule has 8 nitrogen and oxygen atoms in total. The Labute approximate surface area is 177 Å². The number of hydrogen-bond acceptors (Lipinski definition) is 6. The van der Waals surface area contributed by atoms with Gasteiger partial charge in [0.1, 0.15) is 29.4 Å². The zero-order valence-corrected chi connectivity index (χ0v) is 15.8. The number of fused-ring (bicyclic) bond motifs is 1. The van der Waals surface area contributed by atoms with E-state index in [0.717, 1.165) is 6.07 Å². The van der Waals surface area contributed by atoms with E-state index >= 15 is 0 Å². The highest BCUT2D eigenvalue weighted by molar-refractivity contribution is 5.94. The van der Waals surface area contributed by atoms with Gasteiger partial charge in [-0.1, -0.05) is 7.43 Å². The summed E-state index contributed by atoms with van der Waals surface area (Å²) in [7, 11) is 0. The zero-order valence-electron chi connectivity index (χ0n) is 15.8. The third-order valence-electron chi connectivity index (χ3n) is 4.98. The van der Waals surface area contributed by atoms with Gasteiger partial charge in [-0.15, -0.1) is 0 Å². The lowest BCUT2D eigenvalue weighted by Gasteiger charge is -2.26. The molecule has 2 atom stereocenters. The number of nitrogens with one attached hydrogen (secondary N) is 1. The maximum absolute atomic E-state index is 14.4. The first-order chi connectivity index (χ1) is 14.5. The Kier molecular flexibility index (Phi) is 6.46. The van der Waals surface area contributed by atoms with Crippen LogP contribution in [0.2, 0.25) is 0 Å². The fourth-order valence-corrected chi connectivity index (χ4v) is 3.66. The van der Waals surface area contributed by atoms with Crippen LogP contribution in [0.25, 0.3) is 5.65 Å². The summed E-state index contributed by atoms with van der Waals surface area (Å²) in [6.45, 7) is -0.142. The second-order valence-electron chi connectivity index (χ2n) is 6.98. The van der Waals surface area contributed by atoms with E-state index < -0.39 is 23.9 Å². The number of carbonyl (C=O) groups excluding carboxylic acids is 1. The fraction of sp³-hybridized carbons (Fsp3) is 0.333. The van der Waals surface area contributed by atoms with Gasteiger partial charge in [0, 0.05) is 24.7 Å². The first kappa shape index (κ1) is 22.1. The Hall–Kier alpha value is -3.58. The minimum absolute atomic E-state index is 0. The van der Waals surface area contributed by atoms with Crippen LogP contribution in [0.5, 0.6) is 0 Å². The van der Waals surface area contributed by atoms with Crippen molar-refractivity contribution in [3.05, 3.63) is 59.2 Å². The number of aliphatic hydroxyl groups is 1. The number of aromatic nitrogens is 3. The molecule has 1 aliphatic heterocycles. The van der Waals surface area contributed by atoms with Gasteiger partial charge in [0.15, 0.2) is 5.65 Å². The average molecular weight is 428 g/mol. The summed E-state index contributed by atoms with van der Waals surface area (Å²) in [6.07, 6.45) is 1.97. The number of halogens is 2. The van der Waals surface area contributed by atoms with Crippen molar-refractivity contribution in [3.8, 4) is 6.07 Å². The number of alkyl halides is 1. The maximum Gasteiger partial charge on any atom is 0.251 e. The number of nitriles is 1. The summed E-state index contributed by atoms with van der Waals surface area (Å²) in [5.41, 5.74) is 1.17. The second-order valence-corrected chi connectivity index (χ2v) is 6.98. The van der Waals surface area contributed by atoms with Crippen LogP contribution in [-0.2, 0) is 0 Å². The highest BCUT2D eigenvalue weighted by Crippen LogP contribution is 2.37. The second kappa shape index (κ2) is 9.06. The molecule has 0 spiro atoms. The molecule has 1 saturated heterocycles. The maximum atomic E-state index is 14.4. The first-order valence-electron chi connectivity index (χ1n) is 9.35. The lowest BCUT2D eigenvalue weighted by molar-refractivity contribution is 0.0944. The molecule has 1 aromatic carbocycles. The minimum atomic E-state index is -1.16. The van der Waals surface area contributed by atoms with E-state index in [2.05, 4.69) is 15.4 Å². The van der Waals surface area contributed by atoms with E-state index in [1.165, 1.54) is 22.8 Å². The molecular weight excluding hydrogens is 406 g/mol. The number of hydrogen-bond donors (Lipinski definition) is 2. The van der Waals surface area contributed by atoms with Crippen molar-refractivity contribution >= 4 is 17.4 Å². The lowest BCUT2D eigenvalue weighted by Crippen LogP contribution is -2.27. The van der Waals surface area contributed by atoms with Crippen LogP contribution in [0.15, 0.2) is 36.7 Å². The number of anilines is 1. The molecular formula is C21H22F2N6O2. The number of benzene rings is 1. The lowest BCUT2D eigenvalue weighted by atomic mass is 10.0. The van der Waals surface area contributed by atoms with Gasteiger partial charge < -0.3 is 15.3 Å². The molecule has 1 aliphatic rings. The van der Waals surface area contributed by atoms with Crippen molar-refractivity contribution in [1.29, 1.82) is 5.26 Å². The van der Waals surface area contributed by atoms with E-state index in [4.69, 9.17) is 5.11 Å². The normalized spacial score (nSPS) is 17.9. The molecule has 2 aromatic heterocycles. The van der Waals surface area contributed by atoms with Gasteiger partial charge >= 0.3 is 0 Å². The largest absolute Gasteiger partial charge is 0.395 e. The Balaban J connectivity index is 0.00000272. The van der Waals surface area contributed by atoms with Gasteiger partial charge in [-0.25, -0.2) is 18.3 Å². The van der Waals surface area contributed by atoms with Gasteiger partial charge in [-0.3, -0.25) is 4.79 Å². The van der Waals surface area contributed by atoms with Crippen LogP contribution in [0.4, 0.5) is 14.6 Å². The van der Waals surface area contributed by atoms with E-state index in [1.54, 1.807) is 17.2 Å². The van der Waals surface area contributed by atoms with E-state index in [1.807, 2.05) is 6.07 Å². The molecule has 31 heavy (non-hydrogen) atoms. The Bertz CT molecular complexity index is 1140. The summed E-state index contributed by atoms with van der Waals surface area (Å²) < 4.78 is 30.1. The van der Waals surface area contributed by atoms with Crippen molar-refractivity contribution in [2.45, 2.75) is 26.1 Å². The quantitative estimate of drug-likeness (QED) is 0.646. The summed E-state index contributed by atoms with van der Waals surface area (Å²) >= 11 is 0. The first-order valence-corrected chi connectivity index (χ1v) is 9.35. The summed E-state index contributed by atoms with van der Waals surface area (Å²) in [5, 5.41) is 24.6. The van der Waals surface area contributed by atoms with E-state index in [9.17, 15) is 18.8 Å². The van der Waals surface area contributed by atoms with Gasteiger partial charge in [0.05, 0.1) is 25.4 Å². The van der Waals surface area contributed by atoms with Crippen molar-refractivity contribution in [3.63, 3.8) is 0 Å². The molecule has 0 radical (unpaired) electrons. The van der Waals surface area contributed by atoms with Crippen LogP contribution in [0.1, 0.15) is 41.4 Å². The van der Waals surface area contributed by atoms with Crippen LogP contribution < -0.4 is 10.2 Å². The number of rotatable bonds is 5. The predicted octanol–water partition coefficient (Wildman–Crippen LogP) is 2.39. The monoisotopic (exact) mass is 428 g/mol. The summed E-state index contributed by atoms with van der Waals surface area (Å²) in [6, 6.07) is 7.02. The summed E-state index contributed by atoms with van der Waals surface area (Å²) in [4.78, 5) is 18.3. The molecule has 0 bridgehead atoms. The van der Waals surface area contributed by atoms with Gasteiger partial charge in [-0.05, 0) is 29.8 Å². The molecule has 10 heteroatoms. The van der Waals surface area contributed by atoms with Crippen LogP contribution in [0, 0.1) is 17.1 Å². The van der Waals surface area contributed by atoms with Gasteiger partial charge in [-0.2, -0.15) is 10.4 Å². The zero-order chi connectivity index (χ0) is 21.3. The predicted molar refractivity (Wildman–Crippen MR) is 110 cm³/mol. The van der Waals surface area contributed by atoms with E-state index in [-0.39, 0.29) is 44.7 Å². The number of carbonyl (C=O) groups is 1. The molecule has 162 valence electrons. The molecule has 4 rings (SSSR count). The van der Waals surface area contributed by atoms with Crippen LogP contribution in [0.3, 0.4) is 0 Å². The van der Waals surface area contributed by atoms with Crippen molar-refractivity contribution in [2.75, 3.05) is 24.6 Å². The third-order valence-corrected chi connectivity index (χ3v) is 4.98. The topological polar surface area (TPSA) is 107 Å². The minimum Gasteiger partial charge on any atom is -0.395 e. The van der Waals surface area contributed by atoms with Crippen molar-refractivity contribution in [1.82, 2.24) is 19.9 Å². The smallest absolute Gasteiger partial charge is 0.251 e. The molecule has 3 heterocycles. The van der Waals surface area contributed by atoms with E-state index in [0.29, 0.717) is 17.0 Å². The van der Waals surface area contributed by atoms with Crippen LogP contribution in [-0.4, -0.2) is 51.5 Å². The number of amides is 1. The highest BCUT2D eigenvalue weighted by Gasteiger charge is 2.35. The number of nitrogens with zero attached hydrogens (tertiary/aromatic N) is 5. The summed E-state index contributed by atoms with van der Waals surface area (Å²) in [5.74, 6) is -0.710. The Morgan fingerprint density at radius 3 is 2.94 bits per heavy atom. The SMILES string of the molecule is C.N#Cc1cnn2ccc(N3C[C@@H](F)C[C@@H]3c3cc(F)cc(C(=O)NCCO)c3)nc12. The standard InChI is InChI=1S/C20H18F2N6O2.CH4/c21-15-6-12(5-13(7-15)20(30)24-2-4-29)17-8-16(22)11-27(17)18-1-3-28-19(26-18)14(9-23)10-25-28;/h1,3,5-7,10,16-17,29H,2,4,8,11H2,(H,24,30);1H4/t16-,17+;/m0./s1. The Morgan fingerprint density at radius 2 is 2.19 bits per heavy atom. The Morgan fingerprint density at radius 1 is 1.39 bits per heavy atom. The number of aliphatic hydroxyl groups excluding tert-OH is 1. The molecule has 2 N–H and O–H groups in total. The van der Waals surface area contributed by atoms with Crippen molar-refractivity contribution in [2.24, 2.45) is 0 Å². The molecule has 1 fully saturated rings. The fourth-order valence-electron chi connectivity index (χ4n) is 3.66.